The fourth-order valence-corrected chi connectivity index (χ4v) is 4.09. The number of aryl methyl sites for hydroxylation is 1. The zero-order valence-corrected chi connectivity index (χ0v) is 11.5. The first kappa shape index (κ1) is 12.2. The van der Waals surface area contributed by atoms with E-state index in [1.807, 2.05) is 30.9 Å². The summed E-state index contributed by atoms with van der Waals surface area (Å²) in [5, 5.41) is 3.46. The second kappa shape index (κ2) is 5.05. The summed E-state index contributed by atoms with van der Waals surface area (Å²) in [6.07, 6.45) is 5.12. The van der Waals surface area contributed by atoms with Crippen molar-refractivity contribution in [1.82, 2.24) is 9.97 Å². The molecular formula is C13H19N3OS. The first-order valence-corrected chi connectivity index (χ1v) is 7.69. The van der Waals surface area contributed by atoms with Crippen LogP contribution in [0.5, 0.6) is 0 Å². The Bertz CT molecular complexity index is 420. The summed E-state index contributed by atoms with van der Waals surface area (Å²) in [5.41, 5.74) is 1.12. The van der Waals surface area contributed by atoms with Crippen molar-refractivity contribution in [3.63, 3.8) is 0 Å². The molecule has 1 aromatic heterocycles. The predicted molar refractivity (Wildman–Crippen MR) is 74.0 cm³/mol. The number of anilines is 1. The van der Waals surface area contributed by atoms with Crippen LogP contribution in [0.15, 0.2) is 12.3 Å². The zero-order chi connectivity index (χ0) is 12.4. The minimum Gasteiger partial charge on any atom is -0.374 e. The molecule has 2 fully saturated rings. The van der Waals surface area contributed by atoms with Crippen molar-refractivity contribution in [2.75, 3.05) is 23.4 Å². The second-order valence-electron chi connectivity index (χ2n) is 5.19. The first-order chi connectivity index (χ1) is 8.76. The highest BCUT2D eigenvalue weighted by Gasteiger charge is 2.40. The lowest BCUT2D eigenvalue weighted by molar-refractivity contribution is -0.0628. The molecule has 2 saturated heterocycles. The quantitative estimate of drug-likeness (QED) is 0.888. The lowest BCUT2D eigenvalue weighted by Gasteiger charge is -2.38. The highest BCUT2D eigenvalue weighted by atomic mass is 32.2. The Labute approximate surface area is 112 Å². The average molecular weight is 265 g/mol. The van der Waals surface area contributed by atoms with Gasteiger partial charge in [0.25, 0.3) is 0 Å². The molecule has 98 valence electrons. The molecule has 3 rings (SSSR count). The lowest BCUT2D eigenvalue weighted by Crippen LogP contribution is -2.44. The highest BCUT2D eigenvalue weighted by Crippen LogP contribution is 2.38. The maximum Gasteiger partial charge on any atom is 0.223 e. The lowest BCUT2D eigenvalue weighted by atomic mass is 9.90. The van der Waals surface area contributed by atoms with Crippen LogP contribution in [0.3, 0.4) is 0 Å². The number of aromatic nitrogens is 2. The highest BCUT2D eigenvalue weighted by molar-refractivity contribution is 7.99. The second-order valence-corrected chi connectivity index (χ2v) is 6.29. The summed E-state index contributed by atoms with van der Waals surface area (Å²) >= 11 is 2.01. The maximum atomic E-state index is 6.02. The van der Waals surface area contributed by atoms with Crippen molar-refractivity contribution in [1.29, 1.82) is 0 Å². The van der Waals surface area contributed by atoms with E-state index >= 15 is 0 Å². The number of ether oxygens (including phenoxy) is 1. The van der Waals surface area contributed by atoms with Gasteiger partial charge in [-0.15, -0.1) is 0 Å². The summed E-state index contributed by atoms with van der Waals surface area (Å²) in [7, 11) is 0. The van der Waals surface area contributed by atoms with Crippen LogP contribution < -0.4 is 5.32 Å². The third kappa shape index (κ3) is 2.62. The number of thioether (sulfide) groups is 1. The average Bonchev–Trinajstić information content (AvgIpc) is 2.77. The Morgan fingerprint density at radius 3 is 3.28 bits per heavy atom. The van der Waals surface area contributed by atoms with Gasteiger partial charge < -0.3 is 10.1 Å². The van der Waals surface area contributed by atoms with E-state index in [1.165, 1.54) is 12.2 Å². The van der Waals surface area contributed by atoms with E-state index in [1.54, 1.807) is 0 Å². The molecule has 0 bridgehead atoms. The van der Waals surface area contributed by atoms with Gasteiger partial charge in [0.05, 0.1) is 5.60 Å². The molecule has 1 N–H and O–H groups in total. The summed E-state index contributed by atoms with van der Waals surface area (Å²) in [5.74, 6) is 3.12. The molecule has 2 aliphatic rings. The first-order valence-electron chi connectivity index (χ1n) is 6.54. The van der Waals surface area contributed by atoms with Crippen LogP contribution in [0, 0.1) is 6.92 Å². The summed E-state index contributed by atoms with van der Waals surface area (Å²) in [4.78, 5) is 8.69. The van der Waals surface area contributed by atoms with Crippen molar-refractivity contribution < 1.29 is 4.74 Å². The van der Waals surface area contributed by atoms with Crippen LogP contribution in [0.4, 0.5) is 5.95 Å². The molecule has 2 atom stereocenters. The Morgan fingerprint density at radius 1 is 1.56 bits per heavy atom. The smallest absolute Gasteiger partial charge is 0.223 e. The van der Waals surface area contributed by atoms with E-state index in [0.717, 1.165) is 36.8 Å². The van der Waals surface area contributed by atoms with E-state index in [2.05, 4.69) is 15.3 Å². The zero-order valence-electron chi connectivity index (χ0n) is 10.7. The maximum absolute atomic E-state index is 6.02. The molecule has 4 nitrogen and oxygen atoms in total. The van der Waals surface area contributed by atoms with Crippen LogP contribution in [0.25, 0.3) is 0 Å². The number of rotatable bonds is 2. The van der Waals surface area contributed by atoms with Crippen molar-refractivity contribution in [3.8, 4) is 0 Å². The largest absolute Gasteiger partial charge is 0.374 e. The molecule has 2 aliphatic heterocycles. The van der Waals surface area contributed by atoms with E-state index in [9.17, 15) is 0 Å². The Morgan fingerprint density at radius 2 is 2.50 bits per heavy atom. The fraction of sp³-hybridized carbons (Fsp3) is 0.692. The molecular weight excluding hydrogens is 246 g/mol. The molecule has 0 aliphatic carbocycles. The van der Waals surface area contributed by atoms with Gasteiger partial charge in [0.15, 0.2) is 0 Å². The van der Waals surface area contributed by atoms with E-state index in [4.69, 9.17) is 4.74 Å². The van der Waals surface area contributed by atoms with E-state index < -0.39 is 0 Å². The molecule has 0 aromatic carbocycles. The molecule has 0 unspecified atom stereocenters. The monoisotopic (exact) mass is 265 g/mol. The molecule has 1 spiro atoms. The Balaban J connectivity index is 1.66. The van der Waals surface area contributed by atoms with Gasteiger partial charge in [0.2, 0.25) is 5.95 Å². The van der Waals surface area contributed by atoms with E-state index in [-0.39, 0.29) is 5.60 Å². The number of hydrogen-bond acceptors (Lipinski definition) is 5. The van der Waals surface area contributed by atoms with Gasteiger partial charge in [-0.3, -0.25) is 0 Å². The van der Waals surface area contributed by atoms with Gasteiger partial charge in [-0.1, -0.05) is 0 Å². The Hall–Kier alpha value is -0.810. The van der Waals surface area contributed by atoms with Gasteiger partial charge in [0.1, 0.15) is 0 Å². The molecule has 0 radical (unpaired) electrons. The molecule has 18 heavy (non-hydrogen) atoms. The third-order valence-electron chi connectivity index (χ3n) is 3.69. The number of nitrogens with one attached hydrogen (secondary N) is 1. The fourth-order valence-electron chi connectivity index (χ4n) is 2.72. The molecule has 5 heteroatoms. The van der Waals surface area contributed by atoms with Gasteiger partial charge in [-0.05, 0) is 38.0 Å². The third-order valence-corrected chi connectivity index (χ3v) is 4.91. The minimum atomic E-state index is 0.115. The van der Waals surface area contributed by atoms with Crippen molar-refractivity contribution in [2.45, 2.75) is 37.8 Å². The van der Waals surface area contributed by atoms with Crippen molar-refractivity contribution in [3.05, 3.63) is 18.0 Å². The van der Waals surface area contributed by atoms with Crippen molar-refractivity contribution >= 4 is 17.7 Å². The van der Waals surface area contributed by atoms with Crippen LogP contribution >= 0.6 is 11.8 Å². The normalized spacial score (nSPS) is 31.7. The predicted octanol–water partition coefficient (Wildman–Crippen LogP) is 2.25. The summed E-state index contributed by atoms with van der Waals surface area (Å²) in [6.45, 7) is 2.84. The van der Waals surface area contributed by atoms with Gasteiger partial charge in [-0.25, -0.2) is 9.97 Å². The molecule has 0 amide bonds. The van der Waals surface area contributed by atoms with Crippen LogP contribution in [0.1, 0.15) is 25.0 Å². The number of hydrogen-bond donors (Lipinski definition) is 1. The summed E-state index contributed by atoms with van der Waals surface area (Å²) in [6, 6.07) is 2.36. The molecule has 3 heterocycles. The standard InChI is InChI=1S/C13H19N3OS/c1-10-2-5-14-12(15-10)16-11-3-6-17-13(8-11)4-7-18-9-13/h2,5,11H,3-4,6-9H2,1H3,(H,14,15,16)/t11-,13-/m0/s1. The van der Waals surface area contributed by atoms with Gasteiger partial charge in [0, 0.05) is 30.3 Å². The molecule has 0 saturated carbocycles. The van der Waals surface area contributed by atoms with Crippen molar-refractivity contribution in [2.24, 2.45) is 0 Å². The molecule has 1 aromatic rings. The topological polar surface area (TPSA) is 47.0 Å². The van der Waals surface area contributed by atoms with Gasteiger partial charge in [-0.2, -0.15) is 11.8 Å². The summed E-state index contributed by atoms with van der Waals surface area (Å²) < 4.78 is 6.02. The minimum absolute atomic E-state index is 0.115. The Kier molecular flexibility index (Phi) is 3.43. The van der Waals surface area contributed by atoms with Crippen LogP contribution in [-0.4, -0.2) is 39.7 Å². The SMILES string of the molecule is Cc1ccnc(N[C@H]2CCO[C@@]3(CCSC3)C2)n1. The van der Waals surface area contributed by atoms with Crippen LogP contribution in [0.2, 0.25) is 0 Å². The van der Waals surface area contributed by atoms with E-state index in [0.29, 0.717) is 6.04 Å². The van der Waals surface area contributed by atoms with Crippen LogP contribution in [-0.2, 0) is 4.74 Å². The number of nitrogens with zero attached hydrogens (tertiary/aromatic N) is 2. The van der Waals surface area contributed by atoms with Gasteiger partial charge >= 0.3 is 0 Å².